The summed E-state index contributed by atoms with van der Waals surface area (Å²) in [6.45, 7) is 1.77. The van der Waals surface area contributed by atoms with Crippen molar-refractivity contribution in [1.82, 2.24) is 5.32 Å². The Balaban J connectivity index is 3.40. The summed E-state index contributed by atoms with van der Waals surface area (Å²) in [7, 11) is 0. The van der Waals surface area contributed by atoms with E-state index in [0.717, 1.165) is 0 Å². The minimum atomic E-state index is -0.569. The number of amides is 1. The number of aliphatic hydroxyl groups is 1. The van der Waals surface area contributed by atoms with Crippen molar-refractivity contribution in [1.29, 1.82) is 0 Å². The van der Waals surface area contributed by atoms with E-state index in [1.54, 1.807) is 6.92 Å². The van der Waals surface area contributed by atoms with Gasteiger partial charge >= 0.3 is 0 Å². The normalized spacial score (nSPS) is 12.2. The zero-order valence-electron chi connectivity index (χ0n) is 6.84. The van der Waals surface area contributed by atoms with Crippen LogP contribution in [0.1, 0.15) is 19.8 Å². The third-order valence-corrected chi connectivity index (χ3v) is 1.33. The van der Waals surface area contributed by atoms with Gasteiger partial charge in [0.1, 0.15) is 0 Å². The van der Waals surface area contributed by atoms with Gasteiger partial charge in [-0.05, 0) is 18.5 Å². The van der Waals surface area contributed by atoms with E-state index < -0.39 is 11.3 Å². The number of rotatable bonds is 5. The standard InChI is InChI=1S/C7H12ClNO3/c1-5(10)4-9-7(12)3-2-6(8)11/h5,10H,2-4H2,1H3,(H,9,12). The van der Waals surface area contributed by atoms with Crippen molar-refractivity contribution in [2.24, 2.45) is 0 Å². The first-order valence-electron chi connectivity index (χ1n) is 3.65. The summed E-state index contributed by atoms with van der Waals surface area (Å²) in [5.41, 5.74) is 0. The first kappa shape index (κ1) is 11.4. The molecule has 0 saturated carbocycles. The minimum absolute atomic E-state index is 0.0349. The Morgan fingerprint density at radius 1 is 1.50 bits per heavy atom. The van der Waals surface area contributed by atoms with Crippen LogP contribution in [0.2, 0.25) is 0 Å². The molecule has 0 aromatic carbocycles. The van der Waals surface area contributed by atoms with Crippen LogP contribution in [0.15, 0.2) is 0 Å². The summed E-state index contributed by atoms with van der Waals surface area (Å²) in [4.78, 5) is 21.0. The maximum atomic E-state index is 10.8. The predicted octanol–water partition coefficient (Wildman–Crippen LogP) is 0.0290. The monoisotopic (exact) mass is 193 g/mol. The summed E-state index contributed by atoms with van der Waals surface area (Å²) in [6.07, 6.45) is -0.455. The van der Waals surface area contributed by atoms with E-state index in [-0.39, 0.29) is 25.3 Å². The molecule has 4 nitrogen and oxygen atoms in total. The lowest BCUT2D eigenvalue weighted by molar-refractivity contribution is -0.123. The fourth-order valence-corrected chi connectivity index (χ4v) is 0.656. The van der Waals surface area contributed by atoms with Gasteiger partial charge in [0.15, 0.2) is 0 Å². The summed E-state index contributed by atoms with van der Waals surface area (Å²) in [5.74, 6) is -0.273. The maximum Gasteiger partial charge on any atom is 0.222 e. The highest BCUT2D eigenvalue weighted by Crippen LogP contribution is 1.94. The fraction of sp³-hybridized carbons (Fsp3) is 0.714. The van der Waals surface area contributed by atoms with Crippen LogP contribution in [0, 0.1) is 0 Å². The molecule has 2 N–H and O–H groups in total. The molecule has 0 aromatic heterocycles. The Bertz CT molecular complexity index is 170. The molecule has 1 amide bonds. The van der Waals surface area contributed by atoms with Crippen LogP contribution in [0.3, 0.4) is 0 Å². The Hall–Kier alpha value is -0.610. The zero-order chi connectivity index (χ0) is 9.56. The molecular weight excluding hydrogens is 182 g/mol. The van der Waals surface area contributed by atoms with Gasteiger partial charge in [-0.3, -0.25) is 9.59 Å². The molecule has 0 fully saturated rings. The Kier molecular flexibility index (Phi) is 5.66. The van der Waals surface area contributed by atoms with E-state index >= 15 is 0 Å². The predicted molar refractivity (Wildman–Crippen MR) is 44.8 cm³/mol. The molecule has 0 aliphatic heterocycles. The number of halogens is 1. The first-order chi connectivity index (χ1) is 5.52. The van der Waals surface area contributed by atoms with Crippen LogP contribution in [-0.2, 0) is 9.59 Å². The molecule has 0 rings (SSSR count). The first-order valence-corrected chi connectivity index (χ1v) is 4.03. The fourth-order valence-electron chi connectivity index (χ4n) is 0.562. The van der Waals surface area contributed by atoms with Crippen LogP contribution in [0.5, 0.6) is 0 Å². The van der Waals surface area contributed by atoms with E-state index in [1.165, 1.54) is 0 Å². The molecule has 0 aliphatic rings. The molecular formula is C7H12ClNO3. The third-order valence-electron chi connectivity index (χ3n) is 1.14. The molecule has 0 spiro atoms. The SMILES string of the molecule is CC(O)CNC(=O)CCC(=O)Cl. The molecule has 0 aliphatic carbocycles. The number of aliphatic hydroxyl groups excluding tert-OH is 1. The van der Waals surface area contributed by atoms with Gasteiger partial charge in [-0.2, -0.15) is 0 Å². The number of carbonyl (C=O) groups excluding carboxylic acids is 2. The van der Waals surface area contributed by atoms with Crippen molar-refractivity contribution in [2.75, 3.05) is 6.54 Å². The van der Waals surface area contributed by atoms with Gasteiger partial charge in [0.2, 0.25) is 11.1 Å². The molecule has 0 radical (unpaired) electrons. The van der Waals surface area contributed by atoms with Crippen molar-refractivity contribution in [2.45, 2.75) is 25.9 Å². The number of hydrogen-bond donors (Lipinski definition) is 2. The lowest BCUT2D eigenvalue weighted by atomic mass is 10.3. The number of hydrogen-bond acceptors (Lipinski definition) is 3. The second-order valence-electron chi connectivity index (χ2n) is 2.51. The van der Waals surface area contributed by atoms with E-state index in [9.17, 15) is 9.59 Å². The zero-order valence-corrected chi connectivity index (χ0v) is 7.60. The Labute approximate surface area is 75.9 Å². The molecule has 70 valence electrons. The third kappa shape index (κ3) is 7.50. The molecule has 12 heavy (non-hydrogen) atoms. The average molecular weight is 194 g/mol. The van der Waals surface area contributed by atoms with Crippen molar-refractivity contribution < 1.29 is 14.7 Å². The van der Waals surface area contributed by atoms with Gasteiger partial charge in [-0.25, -0.2) is 0 Å². The molecule has 0 bridgehead atoms. The van der Waals surface area contributed by atoms with Gasteiger partial charge in [0.05, 0.1) is 6.10 Å². The molecule has 0 saturated heterocycles. The van der Waals surface area contributed by atoms with E-state index in [0.29, 0.717) is 0 Å². The number of nitrogens with one attached hydrogen (secondary N) is 1. The summed E-state index contributed by atoms with van der Waals surface area (Å²) >= 11 is 5.02. The van der Waals surface area contributed by atoms with Gasteiger partial charge in [-0.15, -0.1) is 0 Å². The highest BCUT2D eigenvalue weighted by Gasteiger charge is 2.04. The molecule has 1 unspecified atom stereocenters. The lowest BCUT2D eigenvalue weighted by Crippen LogP contribution is -2.30. The number of carbonyl (C=O) groups is 2. The van der Waals surface area contributed by atoms with Crippen LogP contribution in [0.4, 0.5) is 0 Å². The van der Waals surface area contributed by atoms with E-state index in [1.807, 2.05) is 0 Å². The van der Waals surface area contributed by atoms with E-state index in [4.69, 9.17) is 16.7 Å². The van der Waals surface area contributed by atoms with Gasteiger partial charge in [-0.1, -0.05) is 0 Å². The smallest absolute Gasteiger partial charge is 0.222 e. The van der Waals surface area contributed by atoms with Crippen LogP contribution < -0.4 is 5.32 Å². The van der Waals surface area contributed by atoms with Gasteiger partial charge in [0, 0.05) is 19.4 Å². The molecule has 0 aromatic rings. The lowest BCUT2D eigenvalue weighted by Gasteiger charge is -2.05. The second-order valence-corrected chi connectivity index (χ2v) is 2.93. The largest absolute Gasteiger partial charge is 0.392 e. The van der Waals surface area contributed by atoms with Gasteiger partial charge < -0.3 is 10.4 Å². The topological polar surface area (TPSA) is 66.4 Å². The Morgan fingerprint density at radius 2 is 2.08 bits per heavy atom. The highest BCUT2D eigenvalue weighted by atomic mass is 35.5. The average Bonchev–Trinajstić information content (AvgIpc) is 1.96. The van der Waals surface area contributed by atoms with Crippen molar-refractivity contribution in [3.8, 4) is 0 Å². The molecule has 1 atom stereocenters. The molecule has 0 heterocycles. The van der Waals surface area contributed by atoms with Crippen LogP contribution in [0.25, 0.3) is 0 Å². The van der Waals surface area contributed by atoms with Crippen molar-refractivity contribution >= 4 is 22.8 Å². The highest BCUT2D eigenvalue weighted by molar-refractivity contribution is 6.63. The van der Waals surface area contributed by atoms with Crippen LogP contribution >= 0.6 is 11.6 Å². The van der Waals surface area contributed by atoms with Crippen LogP contribution in [-0.4, -0.2) is 28.9 Å². The van der Waals surface area contributed by atoms with Crippen molar-refractivity contribution in [3.05, 3.63) is 0 Å². The maximum absolute atomic E-state index is 10.8. The summed E-state index contributed by atoms with van der Waals surface area (Å²) in [6, 6.07) is 0. The van der Waals surface area contributed by atoms with Crippen molar-refractivity contribution in [3.63, 3.8) is 0 Å². The quantitative estimate of drug-likeness (QED) is 0.606. The second kappa shape index (κ2) is 5.97. The van der Waals surface area contributed by atoms with Gasteiger partial charge in [0.25, 0.3) is 0 Å². The minimum Gasteiger partial charge on any atom is -0.392 e. The Morgan fingerprint density at radius 3 is 2.50 bits per heavy atom. The summed E-state index contributed by atoms with van der Waals surface area (Å²) < 4.78 is 0. The van der Waals surface area contributed by atoms with E-state index in [2.05, 4.69) is 5.32 Å². The molecule has 5 heteroatoms. The summed E-state index contributed by atoms with van der Waals surface area (Å²) in [5, 5.41) is 10.7.